The predicted molar refractivity (Wildman–Crippen MR) is 72.7 cm³/mol. The van der Waals surface area contributed by atoms with Gasteiger partial charge in [0.15, 0.2) is 4.67 Å². The molecule has 18 heavy (non-hydrogen) atoms. The van der Waals surface area contributed by atoms with Crippen molar-refractivity contribution in [3.8, 4) is 5.75 Å². The molecule has 0 aliphatic heterocycles. The van der Waals surface area contributed by atoms with Gasteiger partial charge in [-0.2, -0.15) is 0 Å². The van der Waals surface area contributed by atoms with E-state index in [2.05, 4.69) is 15.9 Å². The molecule has 0 aliphatic rings. The summed E-state index contributed by atoms with van der Waals surface area (Å²) in [7, 11) is 0. The Morgan fingerprint density at radius 1 is 1.28 bits per heavy atom. The van der Waals surface area contributed by atoms with Gasteiger partial charge in [-0.25, -0.2) is 0 Å². The SMILES string of the molecule is CCCOc1ccccc1C(O)c1ccoc1Br. The number of hydrogen-bond acceptors (Lipinski definition) is 3. The van der Waals surface area contributed by atoms with E-state index in [4.69, 9.17) is 9.15 Å². The highest BCUT2D eigenvalue weighted by Gasteiger charge is 2.19. The Morgan fingerprint density at radius 2 is 2.06 bits per heavy atom. The van der Waals surface area contributed by atoms with Gasteiger partial charge in [-0.1, -0.05) is 25.1 Å². The van der Waals surface area contributed by atoms with Gasteiger partial charge in [0.25, 0.3) is 0 Å². The second-order valence-electron chi connectivity index (χ2n) is 3.94. The van der Waals surface area contributed by atoms with E-state index in [0.717, 1.165) is 12.0 Å². The van der Waals surface area contributed by atoms with Gasteiger partial charge in [-0.3, -0.25) is 0 Å². The van der Waals surface area contributed by atoms with E-state index in [-0.39, 0.29) is 0 Å². The average molecular weight is 311 g/mol. The summed E-state index contributed by atoms with van der Waals surface area (Å²) in [5.41, 5.74) is 1.44. The predicted octanol–water partition coefficient (Wildman–Crippen LogP) is 3.91. The second-order valence-corrected chi connectivity index (χ2v) is 4.66. The van der Waals surface area contributed by atoms with Crippen molar-refractivity contribution in [2.24, 2.45) is 0 Å². The normalized spacial score (nSPS) is 12.4. The number of aliphatic hydroxyl groups excluding tert-OH is 1. The minimum Gasteiger partial charge on any atom is -0.493 e. The number of rotatable bonds is 5. The Labute approximate surface area is 115 Å². The molecule has 1 atom stereocenters. The van der Waals surface area contributed by atoms with E-state index >= 15 is 0 Å². The van der Waals surface area contributed by atoms with Crippen LogP contribution < -0.4 is 4.74 Å². The molecular formula is C14H15BrO3. The van der Waals surface area contributed by atoms with Crippen molar-refractivity contribution in [3.63, 3.8) is 0 Å². The number of para-hydroxylation sites is 1. The fourth-order valence-electron chi connectivity index (χ4n) is 1.72. The third kappa shape index (κ3) is 2.76. The van der Waals surface area contributed by atoms with Gasteiger partial charge >= 0.3 is 0 Å². The molecular weight excluding hydrogens is 296 g/mol. The lowest BCUT2D eigenvalue weighted by Crippen LogP contribution is -2.04. The molecule has 2 rings (SSSR count). The molecule has 0 radical (unpaired) electrons. The number of benzene rings is 1. The van der Waals surface area contributed by atoms with Crippen LogP contribution in [0.25, 0.3) is 0 Å². The molecule has 1 aromatic heterocycles. The Balaban J connectivity index is 2.30. The van der Waals surface area contributed by atoms with E-state index in [1.54, 1.807) is 6.07 Å². The van der Waals surface area contributed by atoms with Gasteiger partial charge in [0.2, 0.25) is 0 Å². The number of furan rings is 1. The van der Waals surface area contributed by atoms with Crippen molar-refractivity contribution in [2.45, 2.75) is 19.4 Å². The summed E-state index contributed by atoms with van der Waals surface area (Å²) in [6.07, 6.45) is 1.71. The van der Waals surface area contributed by atoms with Crippen LogP contribution in [0, 0.1) is 0 Å². The second kappa shape index (κ2) is 6.07. The van der Waals surface area contributed by atoms with Crippen LogP contribution in [0.1, 0.15) is 30.6 Å². The van der Waals surface area contributed by atoms with Crippen molar-refractivity contribution in [3.05, 3.63) is 52.4 Å². The zero-order valence-corrected chi connectivity index (χ0v) is 11.7. The van der Waals surface area contributed by atoms with E-state index in [1.165, 1.54) is 6.26 Å². The van der Waals surface area contributed by atoms with Crippen molar-refractivity contribution >= 4 is 15.9 Å². The van der Waals surface area contributed by atoms with Crippen molar-refractivity contribution in [1.82, 2.24) is 0 Å². The van der Waals surface area contributed by atoms with Gasteiger partial charge in [0, 0.05) is 11.1 Å². The maximum absolute atomic E-state index is 10.4. The van der Waals surface area contributed by atoms with Crippen molar-refractivity contribution < 1.29 is 14.3 Å². The molecule has 0 spiro atoms. The third-order valence-corrected chi connectivity index (χ3v) is 3.26. The maximum Gasteiger partial charge on any atom is 0.175 e. The van der Waals surface area contributed by atoms with Crippen molar-refractivity contribution in [2.75, 3.05) is 6.61 Å². The molecule has 0 saturated heterocycles. The fraction of sp³-hybridized carbons (Fsp3) is 0.286. The van der Waals surface area contributed by atoms with Gasteiger partial charge in [-0.05, 0) is 34.5 Å². The zero-order valence-electron chi connectivity index (χ0n) is 10.1. The molecule has 0 aliphatic carbocycles. The molecule has 96 valence electrons. The maximum atomic E-state index is 10.4. The van der Waals surface area contributed by atoms with E-state index in [1.807, 2.05) is 31.2 Å². The van der Waals surface area contributed by atoms with Crippen LogP contribution in [-0.2, 0) is 0 Å². The standard InChI is InChI=1S/C14H15BrO3/c1-2-8-17-12-6-4-3-5-10(12)13(16)11-7-9-18-14(11)15/h3-7,9,13,16H,2,8H2,1H3. The molecule has 0 saturated carbocycles. The lowest BCUT2D eigenvalue weighted by Gasteiger charge is -2.15. The summed E-state index contributed by atoms with van der Waals surface area (Å²) >= 11 is 3.27. The van der Waals surface area contributed by atoms with Crippen LogP contribution in [0.15, 0.2) is 45.7 Å². The minimum atomic E-state index is -0.758. The van der Waals surface area contributed by atoms with E-state index < -0.39 is 6.10 Å². The van der Waals surface area contributed by atoms with E-state index in [9.17, 15) is 5.11 Å². The van der Waals surface area contributed by atoms with Crippen LogP contribution in [0.3, 0.4) is 0 Å². The first-order chi connectivity index (χ1) is 8.74. The summed E-state index contributed by atoms with van der Waals surface area (Å²) < 4.78 is 11.3. The smallest absolute Gasteiger partial charge is 0.175 e. The largest absolute Gasteiger partial charge is 0.493 e. The highest BCUT2D eigenvalue weighted by atomic mass is 79.9. The summed E-state index contributed by atoms with van der Waals surface area (Å²) in [4.78, 5) is 0. The lowest BCUT2D eigenvalue weighted by molar-refractivity contribution is 0.208. The molecule has 1 heterocycles. The molecule has 0 amide bonds. The van der Waals surface area contributed by atoms with E-state index in [0.29, 0.717) is 22.6 Å². The first kappa shape index (κ1) is 13.2. The number of halogens is 1. The highest BCUT2D eigenvalue weighted by Crippen LogP contribution is 2.34. The zero-order chi connectivity index (χ0) is 13.0. The molecule has 0 bridgehead atoms. The number of aliphatic hydroxyl groups is 1. The Hall–Kier alpha value is -1.26. The molecule has 2 aromatic rings. The first-order valence-electron chi connectivity index (χ1n) is 5.86. The summed E-state index contributed by atoms with van der Waals surface area (Å²) in [5.74, 6) is 0.708. The summed E-state index contributed by atoms with van der Waals surface area (Å²) in [6, 6.07) is 9.24. The fourth-order valence-corrected chi connectivity index (χ4v) is 2.17. The topological polar surface area (TPSA) is 42.6 Å². The number of ether oxygens (including phenoxy) is 1. The lowest BCUT2D eigenvalue weighted by atomic mass is 10.0. The highest BCUT2D eigenvalue weighted by molar-refractivity contribution is 9.10. The Bertz CT molecular complexity index is 507. The average Bonchev–Trinajstić information content (AvgIpc) is 2.82. The monoisotopic (exact) mass is 310 g/mol. The van der Waals surface area contributed by atoms with Gasteiger partial charge < -0.3 is 14.3 Å². The van der Waals surface area contributed by atoms with Crippen LogP contribution in [0.5, 0.6) is 5.75 Å². The van der Waals surface area contributed by atoms with Crippen LogP contribution in [-0.4, -0.2) is 11.7 Å². The molecule has 3 nitrogen and oxygen atoms in total. The summed E-state index contributed by atoms with van der Waals surface area (Å²) in [6.45, 7) is 2.68. The van der Waals surface area contributed by atoms with Gasteiger partial charge in [0.05, 0.1) is 12.9 Å². The Morgan fingerprint density at radius 3 is 2.72 bits per heavy atom. The van der Waals surface area contributed by atoms with Crippen LogP contribution in [0.2, 0.25) is 0 Å². The van der Waals surface area contributed by atoms with Gasteiger partial charge in [-0.15, -0.1) is 0 Å². The quantitative estimate of drug-likeness (QED) is 0.910. The number of hydrogen-bond donors (Lipinski definition) is 1. The Kier molecular flexibility index (Phi) is 4.44. The third-order valence-electron chi connectivity index (χ3n) is 2.62. The minimum absolute atomic E-state index is 0.542. The van der Waals surface area contributed by atoms with Gasteiger partial charge in [0.1, 0.15) is 11.9 Å². The first-order valence-corrected chi connectivity index (χ1v) is 6.66. The molecule has 0 fully saturated rings. The molecule has 1 unspecified atom stereocenters. The van der Waals surface area contributed by atoms with Crippen LogP contribution in [0.4, 0.5) is 0 Å². The molecule has 1 aromatic carbocycles. The summed E-state index contributed by atoms with van der Waals surface area (Å²) in [5, 5.41) is 10.4. The van der Waals surface area contributed by atoms with Crippen LogP contribution >= 0.6 is 15.9 Å². The van der Waals surface area contributed by atoms with Crippen molar-refractivity contribution in [1.29, 1.82) is 0 Å². The molecule has 1 N–H and O–H groups in total. The molecule has 4 heteroatoms.